The van der Waals surface area contributed by atoms with Gasteiger partial charge in [0.2, 0.25) is 0 Å². The van der Waals surface area contributed by atoms with Gasteiger partial charge in [-0.25, -0.2) is 0 Å². The van der Waals surface area contributed by atoms with E-state index >= 15 is 0 Å². The zero-order valence-corrected chi connectivity index (χ0v) is 11.1. The number of nitrogens with one attached hydrogen (secondary N) is 1. The Kier molecular flexibility index (Phi) is 5.78. The van der Waals surface area contributed by atoms with Crippen LogP contribution in [0.3, 0.4) is 0 Å². The first-order chi connectivity index (χ1) is 8.11. The van der Waals surface area contributed by atoms with E-state index in [0.717, 1.165) is 18.8 Å². The molecule has 1 aromatic rings. The highest BCUT2D eigenvalue weighted by Gasteiger charge is 2.00. The number of rotatable bonds is 7. The van der Waals surface area contributed by atoms with Crippen molar-refractivity contribution in [3.05, 3.63) is 42.5 Å². The van der Waals surface area contributed by atoms with Gasteiger partial charge in [0.25, 0.3) is 0 Å². The molecule has 1 rings (SSSR count). The zero-order chi connectivity index (χ0) is 12.7. The van der Waals surface area contributed by atoms with Crippen molar-refractivity contribution in [2.75, 3.05) is 6.54 Å². The molecule has 0 fully saturated rings. The standard InChI is InChI=1S/C15H23NO/c1-5-13(4)17-15-8-6-7-14(9-15)11-16-10-12(2)3/h5-9,12-13,16H,1,10-11H2,2-4H3. The molecule has 1 aromatic carbocycles. The Bertz CT molecular complexity index is 347. The molecule has 0 radical (unpaired) electrons. The predicted molar refractivity (Wildman–Crippen MR) is 73.3 cm³/mol. The van der Waals surface area contributed by atoms with Crippen molar-refractivity contribution in [1.29, 1.82) is 0 Å². The molecule has 17 heavy (non-hydrogen) atoms. The summed E-state index contributed by atoms with van der Waals surface area (Å²) in [7, 11) is 0. The molecular formula is C15H23NO. The fourth-order valence-electron chi connectivity index (χ4n) is 1.50. The van der Waals surface area contributed by atoms with Gasteiger partial charge in [-0.2, -0.15) is 0 Å². The average Bonchev–Trinajstić information content (AvgIpc) is 2.29. The van der Waals surface area contributed by atoms with Gasteiger partial charge in [-0.1, -0.05) is 38.6 Å². The van der Waals surface area contributed by atoms with E-state index in [0.29, 0.717) is 5.92 Å². The van der Waals surface area contributed by atoms with Crippen molar-refractivity contribution in [2.45, 2.75) is 33.4 Å². The number of ether oxygens (including phenoxy) is 1. The topological polar surface area (TPSA) is 21.3 Å². The van der Waals surface area contributed by atoms with Crippen LogP contribution >= 0.6 is 0 Å². The lowest BCUT2D eigenvalue weighted by molar-refractivity contribution is 0.270. The molecule has 0 aliphatic rings. The van der Waals surface area contributed by atoms with Crippen molar-refractivity contribution in [3.63, 3.8) is 0 Å². The molecular weight excluding hydrogens is 210 g/mol. The summed E-state index contributed by atoms with van der Waals surface area (Å²) in [5.41, 5.74) is 1.25. The largest absolute Gasteiger partial charge is 0.487 e. The molecule has 1 unspecified atom stereocenters. The molecule has 0 aliphatic carbocycles. The molecule has 94 valence electrons. The number of hydrogen-bond donors (Lipinski definition) is 1. The van der Waals surface area contributed by atoms with Gasteiger partial charge < -0.3 is 10.1 Å². The first kappa shape index (κ1) is 13.8. The van der Waals surface area contributed by atoms with Crippen LogP contribution in [0, 0.1) is 5.92 Å². The fraction of sp³-hybridized carbons (Fsp3) is 0.467. The van der Waals surface area contributed by atoms with E-state index in [1.807, 2.05) is 19.1 Å². The summed E-state index contributed by atoms with van der Waals surface area (Å²) in [5.74, 6) is 1.58. The molecule has 0 aromatic heterocycles. The lowest BCUT2D eigenvalue weighted by atomic mass is 10.2. The van der Waals surface area contributed by atoms with Crippen LogP contribution in [0.4, 0.5) is 0 Å². The van der Waals surface area contributed by atoms with Crippen LogP contribution in [0.5, 0.6) is 5.75 Å². The van der Waals surface area contributed by atoms with Crippen molar-refractivity contribution in [2.24, 2.45) is 5.92 Å². The molecule has 0 saturated carbocycles. The van der Waals surface area contributed by atoms with E-state index in [-0.39, 0.29) is 6.10 Å². The van der Waals surface area contributed by atoms with Gasteiger partial charge in [0, 0.05) is 6.54 Å². The van der Waals surface area contributed by atoms with Crippen molar-refractivity contribution in [3.8, 4) is 5.75 Å². The maximum Gasteiger partial charge on any atom is 0.120 e. The monoisotopic (exact) mass is 233 g/mol. The minimum absolute atomic E-state index is 0.0499. The van der Waals surface area contributed by atoms with E-state index in [2.05, 4.69) is 37.9 Å². The molecule has 0 aliphatic heterocycles. The Hall–Kier alpha value is -1.28. The molecule has 0 heterocycles. The third-order valence-electron chi connectivity index (χ3n) is 2.43. The molecule has 0 spiro atoms. The molecule has 2 nitrogen and oxygen atoms in total. The van der Waals surface area contributed by atoms with Crippen LogP contribution in [-0.2, 0) is 6.54 Å². The molecule has 0 amide bonds. The zero-order valence-electron chi connectivity index (χ0n) is 11.1. The van der Waals surface area contributed by atoms with Gasteiger partial charge in [0.15, 0.2) is 0 Å². The summed E-state index contributed by atoms with van der Waals surface area (Å²) < 4.78 is 5.69. The smallest absolute Gasteiger partial charge is 0.120 e. The predicted octanol–water partition coefficient (Wildman–Crippen LogP) is 3.39. The van der Waals surface area contributed by atoms with Crippen LogP contribution in [0.25, 0.3) is 0 Å². The van der Waals surface area contributed by atoms with Crippen LogP contribution in [0.2, 0.25) is 0 Å². The summed E-state index contributed by atoms with van der Waals surface area (Å²) in [4.78, 5) is 0. The van der Waals surface area contributed by atoms with Crippen LogP contribution in [-0.4, -0.2) is 12.6 Å². The lowest BCUT2D eigenvalue weighted by Crippen LogP contribution is -2.19. The van der Waals surface area contributed by atoms with Crippen LogP contribution < -0.4 is 10.1 Å². The van der Waals surface area contributed by atoms with Gasteiger partial charge in [0.05, 0.1) is 0 Å². The minimum atomic E-state index is 0.0499. The Morgan fingerprint density at radius 1 is 1.35 bits per heavy atom. The Labute approximate surface area is 105 Å². The van der Waals surface area contributed by atoms with Crippen molar-refractivity contribution in [1.82, 2.24) is 5.32 Å². The second-order valence-electron chi connectivity index (χ2n) is 4.73. The van der Waals surface area contributed by atoms with Crippen LogP contribution in [0.15, 0.2) is 36.9 Å². The number of benzene rings is 1. The quantitative estimate of drug-likeness (QED) is 0.729. The van der Waals surface area contributed by atoms with E-state index in [4.69, 9.17) is 4.74 Å². The molecule has 0 saturated heterocycles. The van der Waals surface area contributed by atoms with Gasteiger partial charge in [0.1, 0.15) is 11.9 Å². The molecule has 2 heteroatoms. The van der Waals surface area contributed by atoms with Gasteiger partial charge in [-0.15, -0.1) is 0 Å². The minimum Gasteiger partial charge on any atom is -0.487 e. The molecule has 1 atom stereocenters. The van der Waals surface area contributed by atoms with E-state index < -0.39 is 0 Å². The summed E-state index contributed by atoms with van der Waals surface area (Å²) >= 11 is 0. The highest BCUT2D eigenvalue weighted by atomic mass is 16.5. The van der Waals surface area contributed by atoms with Crippen LogP contribution in [0.1, 0.15) is 26.3 Å². The molecule has 0 bridgehead atoms. The Morgan fingerprint density at radius 2 is 2.12 bits per heavy atom. The third-order valence-corrected chi connectivity index (χ3v) is 2.43. The molecule has 1 N–H and O–H groups in total. The summed E-state index contributed by atoms with van der Waals surface area (Å²) in [6.45, 7) is 12.0. The highest BCUT2D eigenvalue weighted by molar-refractivity contribution is 5.28. The number of hydrogen-bond acceptors (Lipinski definition) is 2. The average molecular weight is 233 g/mol. The third kappa shape index (κ3) is 5.55. The van der Waals surface area contributed by atoms with E-state index in [1.54, 1.807) is 6.08 Å². The van der Waals surface area contributed by atoms with E-state index in [1.165, 1.54) is 5.56 Å². The van der Waals surface area contributed by atoms with Gasteiger partial charge in [-0.3, -0.25) is 0 Å². The van der Waals surface area contributed by atoms with Crippen molar-refractivity contribution >= 4 is 0 Å². The highest BCUT2D eigenvalue weighted by Crippen LogP contribution is 2.15. The Morgan fingerprint density at radius 3 is 2.76 bits per heavy atom. The summed E-state index contributed by atoms with van der Waals surface area (Å²) in [5, 5.41) is 3.42. The SMILES string of the molecule is C=CC(C)Oc1cccc(CNCC(C)C)c1. The maximum atomic E-state index is 5.69. The fourth-order valence-corrected chi connectivity index (χ4v) is 1.50. The first-order valence-corrected chi connectivity index (χ1v) is 6.20. The Balaban J connectivity index is 2.50. The second-order valence-corrected chi connectivity index (χ2v) is 4.73. The second kappa shape index (κ2) is 7.13. The van der Waals surface area contributed by atoms with E-state index in [9.17, 15) is 0 Å². The van der Waals surface area contributed by atoms with Crippen molar-refractivity contribution < 1.29 is 4.74 Å². The summed E-state index contributed by atoms with van der Waals surface area (Å²) in [6.07, 6.45) is 1.85. The lowest BCUT2D eigenvalue weighted by Gasteiger charge is -2.12. The first-order valence-electron chi connectivity index (χ1n) is 6.20. The normalized spacial score (nSPS) is 12.5. The maximum absolute atomic E-state index is 5.69. The van der Waals surface area contributed by atoms with Gasteiger partial charge in [-0.05, 0) is 37.1 Å². The summed E-state index contributed by atoms with van der Waals surface area (Å²) in [6, 6.07) is 8.19. The van der Waals surface area contributed by atoms with Gasteiger partial charge >= 0.3 is 0 Å².